The summed E-state index contributed by atoms with van der Waals surface area (Å²) >= 11 is 4.61. The molecule has 0 N–H and O–H groups in total. The van der Waals surface area contributed by atoms with Gasteiger partial charge in [-0.25, -0.2) is 4.21 Å². The second kappa shape index (κ2) is 2.83. The summed E-state index contributed by atoms with van der Waals surface area (Å²) in [4.78, 5) is 0. The lowest BCUT2D eigenvalue weighted by Crippen LogP contribution is -2.12. The first kappa shape index (κ1) is 8.55. The number of hydrogen-bond acceptors (Lipinski definition) is 3. The maximum Gasteiger partial charge on any atom is 0.149 e. The fourth-order valence-electron chi connectivity index (χ4n) is 0.851. The first-order valence-electron chi connectivity index (χ1n) is 2.92. The van der Waals surface area contributed by atoms with Crippen LogP contribution in [0, 0.1) is 30.6 Å². The Morgan fingerprint density at radius 2 is 2.18 bits per heavy atom. The van der Waals surface area contributed by atoms with E-state index in [1.807, 2.05) is 0 Å². The van der Waals surface area contributed by atoms with Crippen molar-refractivity contribution in [1.29, 1.82) is 0 Å². The van der Waals surface area contributed by atoms with Gasteiger partial charge in [0.15, 0.2) is 0 Å². The molecular formula is C7H6O2S2. The largest absolute Gasteiger partial charge is 0.272 e. The van der Waals surface area contributed by atoms with Crippen LogP contribution in [0.2, 0.25) is 0 Å². The fourth-order valence-corrected chi connectivity index (χ4v) is 2.84. The van der Waals surface area contributed by atoms with Crippen molar-refractivity contribution in [3.05, 3.63) is 0 Å². The maximum atomic E-state index is 11.1. The average Bonchev–Trinajstić information content (AvgIpc) is 2.25. The molecule has 0 amide bonds. The van der Waals surface area contributed by atoms with Crippen molar-refractivity contribution in [3.8, 4) is 24.7 Å². The zero-order valence-corrected chi connectivity index (χ0v) is 7.28. The molecule has 0 saturated carbocycles. The maximum absolute atomic E-state index is 11.1. The molecule has 4 heteroatoms. The van der Waals surface area contributed by atoms with Crippen molar-refractivity contribution in [2.75, 3.05) is 5.75 Å². The Morgan fingerprint density at radius 1 is 1.55 bits per heavy atom. The molecule has 11 heavy (non-hydrogen) atoms. The molecule has 2 nitrogen and oxygen atoms in total. The third-order valence-electron chi connectivity index (χ3n) is 1.38. The van der Waals surface area contributed by atoms with Gasteiger partial charge in [-0.05, 0) is 0 Å². The number of hydrogen-bond donors (Lipinski definition) is 0. The van der Waals surface area contributed by atoms with E-state index >= 15 is 0 Å². The number of rotatable bonds is 0. The second-order valence-electron chi connectivity index (χ2n) is 2.18. The summed E-state index contributed by atoms with van der Waals surface area (Å²) in [7, 11) is -2.62. The predicted octanol–water partition coefficient (Wildman–Crippen LogP) is -0.0709. The van der Waals surface area contributed by atoms with Gasteiger partial charge in [0, 0.05) is 11.2 Å². The smallest absolute Gasteiger partial charge is 0.149 e. The quantitative estimate of drug-likeness (QED) is 0.495. The van der Waals surface area contributed by atoms with Crippen LogP contribution in [0.25, 0.3) is 0 Å². The molecule has 3 unspecified atom stereocenters. The summed E-state index contributed by atoms with van der Waals surface area (Å²) < 4.78 is 16.0. The van der Waals surface area contributed by atoms with Crippen molar-refractivity contribution in [3.63, 3.8) is 0 Å². The van der Waals surface area contributed by atoms with E-state index < -0.39 is 14.9 Å². The van der Waals surface area contributed by atoms with E-state index in [9.17, 15) is 4.21 Å². The summed E-state index contributed by atoms with van der Waals surface area (Å²) in [5.74, 6) is 4.63. The van der Waals surface area contributed by atoms with Crippen molar-refractivity contribution < 1.29 is 8.39 Å². The van der Waals surface area contributed by atoms with Gasteiger partial charge in [0.1, 0.15) is 14.9 Å². The van der Waals surface area contributed by atoms with E-state index in [0.29, 0.717) is 0 Å². The van der Waals surface area contributed by atoms with Crippen LogP contribution in [0.3, 0.4) is 0 Å². The van der Waals surface area contributed by atoms with Gasteiger partial charge < -0.3 is 0 Å². The van der Waals surface area contributed by atoms with E-state index in [0.717, 1.165) is 0 Å². The Bertz CT molecular complexity index is 300. The lowest BCUT2D eigenvalue weighted by molar-refractivity contribution is 0.286. The summed E-state index contributed by atoms with van der Waals surface area (Å²) in [6.07, 6.45) is 9.64. The van der Waals surface area contributed by atoms with Gasteiger partial charge in [0.2, 0.25) is 0 Å². The molecule has 1 aliphatic rings. The van der Waals surface area contributed by atoms with Crippen LogP contribution in [0.1, 0.15) is 0 Å². The highest BCUT2D eigenvalue weighted by Crippen LogP contribution is 2.21. The molecule has 0 aromatic carbocycles. The standard InChI is InChI=1S/C7H6O2S2/c1-3-6-5-11(8,10)9-7(6)4-2/h1-2,6-7H,5H2. The van der Waals surface area contributed by atoms with Crippen molar-refractivity contribution >= 4 is 20.0 Å². The normalized spacial score (nSPS) is 42.7. The molecule has 0 bridgehead atoms. The minimum Gasteiger partial charge on any atom is -0.272 e. The molecule has 58 valence electrons. The highest BCUT2D eigenvalue weighted by atomic mass is 32.8. The van der Waals surface area contributed by atoms with Gasteiger partial charge in [-0.1, -0.05) is 11.8 Å². The SMILES string of the molecule is C#CC1CS(=O)(=S)OC1C#C. The molecule has 0 radical (unpaired) electrons. The van der Waals surface area contributed by atoms with Crippen LogP contribution in [0.5, 0.6) is 0 Å². The third kappa shape index (κ3) is 1.72. The summed E-state index contributed by atoms with van der Waals surface area (Å²) in [6, 6.07) is 0. The van der Waals surface area contributed by atoms with Gasteiger partial charge in [-0.2, -0.15) is 0 Å². The molecule has 1 aliphatic heterocycles. The van der Waals surface area contributed by atoms with E-state index in [1.54, 1.807) is 0 Å². The number of terminal acetylenes is 2. The zero-order chi connectivity index (χ0) is 8.48. The van der Waals surface area contributed by atoms with Crippen LogP contribution >= 0.6 is 0 Å². The second-order valence-corrected chi connectivity index (χ2v) is 5.35. The summed E-state index contributed by atoms with van der Waals surface area (Å²) in [6.45, 7) is 0. The van der Waals surface area contributed by atoms with Crippen LogP contribution in [0.4, 0.5) is 0 Å². The van der Waals surface area contributed by atoms with Gasteiger partial charge in [0.05, 0.1) is 11.7 Å². The first-order valence-corrected chi connectivity index (χ1v) is 5.50. The lowest BCUT2D eigenvalue weighted by Gasteiger charge is -2.01. The van der Waals surface area contributed by atoms with E-state index in [4.69, 9.17) is 17.0 Å². The molecule has 1 rings (SSSR count). The molecule has 1 saturated heterocycles. The molecule has 0 aromatic heterocycles. The Morgan fingerprint density at radius 3 is 2.55 bits per heavy atom. The molecule has 0 aliphatic carbocycles. The Hall–Kier alpha value is -0.550. The van der Waals surface area contributed by atoms with Crippen molar-refractivity contribution in [1.82, 2.24) is 0 Å². The summed E-state index contributed by atoms with van der Waals surface area (Å²) in [5.41, 5.74) is 0. The lowest BCUT2D eigenvalue weighted by atomic mass is 10.1. The highest BCUT2D eigenvalue weighted by Gasteiger charge is 2.33. The van der Waals surface area contributed by atoms with Gasteiger partial charge in [0.25, 0.3) is 0 Å². The predicted molar refractivity (Wildman–Crippen MR) is 46.4 cm³/mol. The van der Waals surface area contributed by atoms with Gasteiger partial charge in [-0.15, -0.1) is 12.8 Å². The van der Waals surface area contributed by atoms with Crippen LogP contribution in [-0.4, -0.2) is 16.1 Å². The monoisotopic (exact) mass is 186 g/mol. The highest BCUT2D eigenvalue weighted by molar-refractivity contribution is 8.30. The summed E-state index contributed by atoms with van der Waals surface area (Å²) in [5, 5.41) is 0. The average molecular weight is 186 g/mol. The Balaban J connectivity index is 2.91. The van der Waals surface area contributed by atoms with Crippen LogP contribution in [-0.2, 0) is 24.1 Å². The zero-order valence-electron chi connectivity index (χ0n) is 5.65. The Labute approximate surface area is 71.2 Å². The first-order chi connectivity index (χ1) is 5.09. The fraction of sp³-hybridized carbons (Fsp3) is 0.429. The molecule has 0 aromatic rings. The van der Waals surface area contributed by atoms with E-state index in [2.05, 4.69) is 23.0 Å². The van der Waals surface area contributed by atoms with E-state index in [-0.39, 0.29) is 11.7 Å². The third-order valence-corrected chi connectivity index (χ3v) is 3.29. The molecule has 1 fully saturated rings. The van der Waals surface area contributed by atoms with Gasteiger partial charge >= 0.3 is 0 Å². The molecule has 1 heterocycles. The van der Waals surface area contributed by atoms with Crippen molar-refractivity contribution in [2.24, 2.45) is 5.92 Å². The Kier molecular flexibility index (Phi) is 2.20. The van der Waals surface area contributed by atoms with Gasteiger partial charge in [-0.3, -0.25) is 4.18 Å². The van der Waals surface area contributed by atoms with Crippen LogP contribution < -0.4 is 0 Å². The molecule has 0 spiro atoms. The van der Waals surface area contributed by atoms with Crippen LogP contribution in [0.15, 0.2) is 0 Å². The molecule has 3 atom stereocenters. The van der Waals surface area contributed by atoms with Crippen molar-refractivity contribution in [2.45, 2.75) is 6.10 Å². The topological polar surface area (TPSA) is 26.3 Å². The minimum atomic E-state index is -2.62. The molecular weight excluding hydrogens is 180 g/mol. The minimum absolute atomic E-state index is 0.202. The van der Waals surface area contributed by atoms with E-state index in [1.165, 1.54) is 0 Å².